The molecule has 0 atom stereocenters. The molecule has 0 saturated carbocycles. The maximum Gasteiger partial charge on any atom is 0.573 e. The van der Waals surface area contributed by atoms with E-state index in [2.05, 4.69) is 56.8 Å². The van der Waals surface area contributed by atoms with E-state index in [1.807, 2.05) is 29.7 Å². The van der Waals surface area contributed by atoms with Gasteiger partial charge in [0.25, 0.3) is 0 Å². The lowest BCUT2D eigenvalue weighted by Gasteiger charge is -2.09. The van der Waals surface area contributed by atoms with Crippen molar-refractivity contribution in [2.75, 3.05) is 23.7 Å². The van der Waals surface area contributed by atoms with E-state index in [1.54, 1.807) is 0 Å². The number of benzene rings is 2. The molecule has 12 nitrogen and oxygen atoms in total. The van der Waals surface area contributed by atoms with Gasteiger partial charge >= 0.3 is 6.36 Å². The van der Waals surface area contributed by atoms with Gasteiger partial charge in [0, 0.05) is 24.0 Å². The molecule has 4 aromatic rings. The summed E-state index contributed by atoms with van der Waals surface area (Å²) in [6, 6.07) is 13.0. The minimum absolute atomic E-state index is 0.111. The largest absolute Gasteiger partial charge is 0.573 e. The van der Waals surface area contributed by atoms with Crippen LogP contribution in [-0.2, 0) is 24.1 Å². The molecule has 0 fully saturated rings. The van der Waals surface area contributed by atoms with Crippen molar-refractivity contribution in [2.24, 2.45) is 4.99 Å². The van der Waals surface area contributed by atoms with Gasteiger partial charge < -0.3 is 15.4 Å². The number of hydrogen-bond donors (Lipinski definition) is 4. The summed E-state index contributed by atoms with van der Waals surface area (Å²) in [7, 11) is 0. The van der Waals surface area contributed by atoms with Crippen LogP contribution in [0.1, 0.15) is 28.2 Å². The average molecular weight is 669 g/mol. The van der Waals surface area contributed by atoms with Crippen LogP contribution in [0.3, 0.4) is 0 Å². The SMILES string of the molecule is O=C(Cc1cccc(OC(F)(F)F)c1)Nc1nnc(CCCNc2nonc2C(=NCCc2ccc(Br)cc2)NO)s1. The molecule has 0 radical (unpaired) electrons. The first kappa shape index (κ1) is 30.9. The van der Waals surface area contributed by atoms with Gasteiger partial charge in [-0.2, -0.15) is 0 Å². The molecule has 0 aliphatic carbocycles. The molecular formula is C25H24BrF3N8O4S. The summed E-state index contributed by atoms with van der Waals surface area (Å²) in [6.07, 6.45) is -3.18. The van der Waals surface area contributed by atoms with Crippen LogP contribution in [0.4, 0.5) is 24.1 Å². The van der Waals surface area contributed by atoms with Crippen LogP contribution in [-0.4, -0.2) is 56.9 Å². The maximum atomic E-state index is 12.4. The van der Waals surface area contributed by atoms with Gasteiger partial charge in [-0.1, -0.05) is 51.5 Å². The Bertz CT molecular complexity index is 1500. The molecule has 17 heteroatoms. The summed E-state index contributed by atoms with van der Waals surface area (Å²) in [6.45, 7) is 0.849. The van der Waals surface area contributed by atoms with Gasteiger partial charge in [-0.15, -0.1) is 23.4 Å². The number of nitrogens with one attached hydrogen (secondary N) is 3. The van der Waals surface area contributed by atoms with Crippen LogP contribution < -0.4 is 20.9 Å². The lowest BCUT2D eigenvalue weighted by Crippen LogP contribution is -2.23. The van der Waals surface area contributed by atoms with Crippen LogP contribution in [0.5, 0.6) is 5.75 Å². The minimum Gasteiger partial charge on any atom is -0.406 e. The van der Waals surface area contributed by atoms with E-state index in [9.17, 15) is 23.2 Å². The topological polar surface area (TPSA) is 160 Å². The number of carbonyl (C=O) groups is 1. The predicted octanol–water partition coefficient (Wildman–Crippen LogP) is 4.78. The second-order valence-corrected chi connectivity index (χ2v) is 10.6. The lowest BCUT2D eigenvalue weighted by molar-refractivity contribution is -0.274. The first-order chi connectivity index (χ1) is 20.2. The first-order valence-electron chi connectivity index (χ1n) is 12.4. The van der Waals surface area contributed by atoms with Crippen LogP contribution in [0.15, 0.2) is 62.6 Å². The average Bonchev–Trinajstić information content (AvgIpc) is 3.59. The predicted molar refractivity (Wildman–Crippen MR) is 151 cm³/mol. The number of hydroxylamine groups is 1. The summed E-state index contributed by atoms with van der Waals surface area (Å²) >= 11 is 4.58. The highest BCUT2D eigenvalue weighted by Crippen LogP contribution is 2.24. The molecule has 4 N–H and O–H groups in total. The Morgan fingerprint density at radius 3 is 2.67 bits per heavy atom. The standard InChI is InChI=1S/C25H24BrF3N8O4S/c26-17-8-6-15(7-9-17)10-12-31-22(35-39)21-23(37-41-36-21)30-11-2-5-20-33-34-24(42-20)32-19(38)14-16-3-1-4-18(13-16)40-25(27,28)29/h1,3-4,6-9,13,39H,2,5,10-12,14H2,(H,30,37)(H,31,35)(H,32,34,38). The van der Waals surface area contributed by atoms with Crippen LogP contribution in [0, 0.1) is 0 Å². The van der Waals surface area contributed by atoms with E-state index in [1.165, 1.54) is 23.5 Å². The molecule has 2 aromatic heterocycles. The molecule has 2 aromatic carbocycles. The normalized spacial score (nSPS) is 11.8. The number of nitrogens with zero attached hydrogens (tertiary/aromatic N) is 5. The number of halogens is 4. The van der Waals surface area contributed by atoms with Crippen LogP contribution in [0.25, 0.3) is 0 Å². The number of hydrogen-bond acceptors (Lipinski definition) is 11. The maximum absolute atomic E-state index is 12.4. The Balaban J connectivity index is 1.21. The molecule has 42 heavy (non-hydrogen) atoms. The van der Waals surface area contributed by atoms with Crippen LogP contribution >= 0.6 is 27.3 Å². The molecule has 0 aliphatic rings. The van der Waals surface area contributed by atoms with Gasteiger partial charge in [0.1, 0.15) is 10.8 Å². The Labute approximate surface area is 249 Å². The third-order valence-electron chi connectivity index (χ3n) is 5.47. The Kier molecular flexibility index (Phi) is 10.8. The number of aryl methyl sites for hydroxylation is 1. The van der Waals surface area contributed by atoms with E-state index < -0.39 is 18.0 Å². The number of amidine groups is 1. The minimum atomic E-state index is -4.82. The molecule has 2 heterocycles. The van der Waals surface area contributed by atoms with E-state index in [0.29, 0.717) is 48.7 Å². The zero-order chi connectivity index (χ0) is 30.0. The van der Waals surface area contributed by atoms with Crippen molar-refractivity contribution >= 4 is 50.0 Å². The van der Waals surface area contributed by atoms with Gasteiger partial charge in [-0.25, -0.2) is 4.63 Å². The van der Waals surface area contributed by atoms with Gasteiger partial charge in [0.05, 0.1) is 6.42 Å². The van der Waals surface area contributed by atoms with E-state index >= 15 is 0 Å². The third kappa shape index (κ3) is 9.78. The van der Waals surface area contributed by atoms with E-state index in [0.717, 1.165) is 22.2 Å². The van der Waals surface area contributed by atoms with Gasteiger partial charge in [-0.05, 0) is 58.5 Å². The number of ether oxygens (including phenoxy) is 1. The van der Waals surface area contributed by atoms with Crippen molar-refractivity contribution in [3.63, 3.8) is 0 Å². The Hall–Kier alpha value is -4.09. The van der Waals surface area contributed by atoms with Gasteiger partial charge in [0.15, 0.2) is 11.5 Å². The zero-order valence-electron chi connectivity index (χ0n) is 21.7. The number of aromatic nitrogens is 4. The molecular weight excluding hydrogens is 645 g/mol. The summed E-state index contributed by atoms with van der Waals surface area (Å²) in [5, 5.41) is 31.8. The summed E-state index contributed by atoms with van der Waals surface area (Å²) < 4.78 is 47.0. The summed E-state index contributed by atoms with van der Waals surface area (Å²) in [5.74, 6) is -0.448. The number of alkyl halides is 3. The highest BCUT2D eigenvalue weighted by molar-refractivity contribution is 9.10. The van der Waals surface area contributed by atoms with Gasteiger partial charge in [-0.3, -0.25) is 20.5 Å². The van der Waals surface area contributed by atoms with Crippen LogP contribution in [0.2, 0.25) is 0 Å². The number of amides is 1. The van der Waals surface area contributed by atoms with Crippen molar-refractivity contribution in [2.45, 2.75) is 32.0 Å². The molecule has 0 saturated heterocycles. The van der Waals surface area contributed by atoms with Crippen molar-refractivity contribution in [3.8, 4) is 5.75 Å². The number of carbonyl (C=O) groups excluding carboxylic acids is 1. The number of rotatable bonds is 13. The summed E-state index contributed by atoms with van der Waals surface area (Å²) in [4.78, 5) is 16.7. The molecule has 0 bridgehead atoms. The van der Waals surface area contributed by atoms with Crippen molar-refractivity contribution in [3.05, 3.63) is 74.8 Å². The second kappa shape index (κ2) is 14.7. The highest BCUT2D eigenvalue weighted by Gasteiger charge is 2.31. The monoisotopic (exact) mass is 668 g/mol. The van der Waals surface area contributed by atoms with E-state index in [4.69, 9.17) is 4.63 Å². The number of anilines is 2. The third-order valence-corrected chi connectivity index (χ3v) is 6.90. The van der Waals surface area contributed by atoms with Crippen molar-refractivity contribution in [1.82, 2.24) is 26.0 Å². The fraction of sp³-hybridized carbons (Fsp3) is 0.280. The molecule has 222 valence electrons. The summed E-state index contributed by atoms with van der Waals surface area (Å²) in [5.41, 5.74) is 3.70. The molecule has 1 amide bonds. The van der Waals surface area contributed by atoms with E-state index in [-0.39, 0.29) is 23.1 Å². The Morgan fingerprint density at radius 1 is 1.10 bits per heavy atom. The van der Waals surface area contributed by atoms with Crippen molar-refractivity contribution in [1.29, 1.82) is 0 Å². The van der Waals surface area contributed by atoms with Crippen molar-refractivity contribution < 1.29 is 32.5 Å². The molecule has 0 aliphatic heterocycles. The quantitative estimate of drug-likeness (QED) is 0.0676. The molecule has 4 rings (SSSR count). The fourth-order valence-corrected chi connectivity index (χ4v) is 4.69. The molecule has 0 unspecified atom stereocenters. The lowest BCUT2D eigenvalue weighted by atomic mass is 10.1. The Morgan fingerprint density at radius 2 is 1.90 bits per heavy atom. The highest BCUT2D eigenvalue weighted by atomic mass is 79.9. The number of aliphatic imine (C=N–C) groups is 1. The fourth-order valence-electron chi connectivity index (χ4n) is 3.62. The second-order valence-electron chi connectivity index (χ2n) is 8.63. The smallest absolute Gasteiger partial charge is 0.406 e. The van der Waals surface area contributed by atoms with Gasteiger partial charge in [0.2, 0.25) is 16.9 Å². The molecule has 0 spiro atoms. The zero-order valence-corrected chi connectivity index (χ0v) is 24.1. The first-order valence-corrected chi connectivity index (χ1v) is 14.0.